The number of hydrogen-bond donors (Lipinski definition) is 0. The van der Waals surface area contributed by atoms with Crippen LogP contribution in [-0.2, 0) is 14.3 Å². The third-order valence-electron chi connectivity index (χ3n) is 0.663. The fourth-order valence-corrected chi connectivity index (χ4v) is 0.763. The van der Waals surface area contributed by atoms with Crippen LogP contribution in [0.1, 0.15) is 0 Å². The molecule has 1 heterocycles. The topological polar surface area (TPSA) is 69.8 Å². The average Bonchev–Trinajstić information content (AvgIpc) is 2.12. The molecular formula is C4H5N2O3S. The van der Waals surface area contributed by atoms with E-state index in [-0.39, 0.29) is 6.02 Å². The number of amidine groups is 1. The van der Waals surface area contributed by atoms with Gasteiger partial charge in [0.1, 0.15) is 0 Å². The molecule has 55 valence electrons. The summed E-state index contributed by atoms with van der Waals surface area (Å²) in [4.78, 5) is 3.49. The lowest BCUT2D eigenvalue weighted by Crippen LogP contribution is -2.15. The maximum absolute atomic E-state index is 10.4. The fourth-order valence-electron chi connectivity index (χ4n) is 0.406. The highest BCUT2D eigenvalue weighted by molar-refractivity contribution is 7.86. The van der Waals surface area contributed by atoms with E-state index >= 15 is 0 Å². The Balaban J connectivity index is 2.57. The largest absolute Gasteiger partial charge is 0.343 e. The molecule has 0 atom stereocenters. The SMILES string of the molecule is CS(=O)(=O)OC1=NC=C[N]1. The van der Waals surface area contributed by atoms with Crippen molar-refractivity contribution in [2.75, 3.05) is 6.26 Å². The first-order valence-electron chi connectivity index (χ1n) is 2.41. The second-order valence-electron chi connectivity index (χ2n) is 1.63. The van der Waals surface area contributed by atoms with E-state index in [4.69, 9.17) is 0 Å². The van der Waals surface area contributed by atoms with Crippen LogP contribution in [0.4, 0.5) is 0 Å². The molecule has 0 aromatic carbocycles. The van der Waals surface area contributed by atoms with E-state index in [1.807, 2.05) is 0 Å². The van der Waals surface area contributed by atoms with E-state index in [1.54, 1.807) is 0 Å². The lowest BCUT2D eigenvalue weighted by atomic mass is 11.0. The standard InChI is InChI=1S/C4H5N2O3S/c1-10(7,8)9-4-5-2-3-6-4/h2-3H,1H3. The molecule has 0 unspecified atom stereocenters. The molecule has 0 N–H and O–H groups in total. The number of rotatable bonds is 1. The summed E-state index contributed by atoms with van der Waals surface area (Å²) in [5, 5.41) is 3.49. The second kappa shape index (κ2) is 2.30. The van der Waals surface area contributed by atoms with Gasteiger partial charge >= 0.3 is 16.1 Å². The summed E-state index contributed by atoms with van der Waals surface area (Å²) < 4.78 is 25.1. The summed E-state index contributed by atoms with van der Waals surface area (Å²) in [7, 11) is -3.47. The van der Waals surface area contributed by atoms with Crippen molar-refractivity contribution in [3.05, 3.63) is 12.4 Å². The summed E-state index contributed by atoms with van der Waals surface area (Å²) in [6.45, 7) is 0. The molecule has 10 heavy (non-hydrogen) atoms. The molecule has 6 heteroatoms. The van der Waals surface area contributed by atoms with Crippen molar-refractivity contribution < 1.29 is 12.6 Å². The summed E-state index contributed by atoms with van der Waals surface area (Å²) in [5.74, 6) is 0. The zero-order valence-corrected chi connectivity index (χ0v) is 6.00. The quantitative estimate of drug-likeness (QED) is 0.482. The van der Waals surface area contributed by atoms with Crippen molar-refractivity contribution in [2.45, 2.75) is 0 Å². The van der Waals surface area contributed by atoms with Gasteiger partial charge < -0.3 is 4.18 Å². The smallest absolute Gasteiger partial charge is 0.332 e. The molecule has 5 nitrogen and oxygen atoms in total. The molecule has 0 fully saturated rings. The van der Waals surface area contributed by atoms with Gasteiger partial charge in [-0.05, 0) is 0 Å². The van der Waals surface area contributed by atoms with Crippen molar-refractivity contribution >= 4 is 16.1 Å². The lowest BCUT2D eigenvalue weighted by Gasteiger charge is -1.97. The van der Waals surface area contributed by atoms with Crippen molar-refractivity contribution in [1.82, 2.24) is 5.32 Å². The van der Waals surface area contributed by atoms with Crippen molar-refractivity contribution in [3.63, 3.8) is 0 Å². The first kappa shape index (κ1) is 7.07. The molecule has 0 bridgehead atoms. The first-order valence-corrected chi connectivity index (χ1v) is 4.23. The Bertz CT molecular complexity index is 277. The van der Waals surface area contributed by atoms with Gasteiger partial charge in [-0.1, -0.05) is 0 Å². The normalized spacial score (nSPS) is 16.3. The van der Waals surface area contributed by atoms with E-state index < -0.39 is 10.1 Å². The van der Waals surface area contributed by atoms with Crippen LogP contribution in [0.2, 0.25) is 0 Å². The Morgan fingerprint density at radius 3 is 2.60 bits per heavy atom. The van der Waals surface area contributed by atoms with Gasteiger partial charge in [-0.3, -0.25) is 0 Å². The molecule has 0 amide bonds. The molecule has 0 saturated carbocycles. The maximum Gasteiger partial charge on any atom is 0.332 e. The number of hydrogen-bond acceptors (Lipinski definition) is 4. The summed E-state index contributed by atoms with van der Waals surface area (Å²) >= 11 is 0. The Labute approximate surface area is 58.5 Å². The van der Waals surface area contributed by atoms with Gasteiger partial charge in [0.15, 0.2) is 0 Å². The van der Waals surface area contributed by atoms with E-state index in [9.17, 15) is 8.42 Å². The van der Waals surface area contributed by atoms with Crippen LogP contribution in [0, 0.1) is 0 Å². The highest BCUT2D eigenvalue weighted by atomic mass is 32.2. The molecule has 0 aliphatic carbocycles. The summed E-state index contributed by atoms with van der Waals surface area (Å²) in [5.41, 5.74) is 0. The van der Waals surface area contributed by atoms with Crippen LogP contribution in [0.15, 0.2) is 17.4 Å². The van der Waals surface area contributed by atoms with Gasteiger partial charge in [0.05, 0.1) is 18.7 Å². The zero-order chi connectivity index (χ0) is 7.61. The minimum absolute atomic E-state index is 0.137. The molecule has 0 aromatic heterocycles. The van der Waals surface area contributed by atoms with Crippen LogP contribution in [0.3, 0.4) is 0 Å². The third kappa shape index (κ3) is 2.06. The first-order chi connectivity index (χ1) is 4.58. The van der Waals surface area contributed by atoms with Gasteiger partial charge in [0.25, 0.3) is 0 Å². The Kier molecular flexibility index (Phi) is 1.62. The van der Waals surface area contributed by atoms with Crippen molar-refractivity contribution in [1.29, 1.82) is 0 Å². The molecule has 0 saturated heterocycles. The van der Waals surface area contributed by atoms with Gasteiger partial charge in [-0.2, -0.15) is 8.42 Å². The minimum atomic E-state index is -3.47. The van der Waals surface area contributed by atoms with Gasteiger partial charge in [0.2, 0.25) is 0 Å². The second-order valence-corrected chi connectivity index (χ2v) is 3.20. The van der Waals surface area contributed by atoms with Crippen LogP contribution in [0.5, 0.6) is 0 Å². The minimum Gasteiger partial charge on any atom is -0.343 e. The molecule has 1 aliphatic rings. The van der Waals surface area contributed by atoms with Crippen LogP contribution in [0.25, 0.3) is 0 Å². The highest BCUT2D eigenvalue weighted by Gasteiger charge is 2.10. The zero-order valence-electron chi connectivity index (χ0n) is 5.18. The predicted octanol–water partition coefficient (Wildman–Crippen LogP) is -0.592. The van der Waals surface area contributed by atoms with Crippen molar-refractivity contribution in [2.24, 2.45) is 4.99 Å². The summed E-state index contributed by atoms with van der Waals surface area (Å²) in [6.07, 6.45) is 3.63. The van der Waals surface area contributed by atoms with Crippen LogP contribution < -0.4 is 5.32 Å². The molecule has 0 aromatic rings. The Morgan fingerprint density at radius 2 is 2.20 bits per heavy atom. The molecule has 1 radical (unpaired) electrons. The number of aliphatic imine (C=N–C) groups is 1. The molecule has 0 spiro atoms. The van der Waals surface area contributed by atoms with Gasteiger partial charge in [-0.25, -0.2) is 10.3 Å². The average molecular weight is 161 g/mol. The van der Waals surface area contributed by atoms with E-state index in [0.717, 1.165) is 6.26 Å². The summed E-state index contributed by atoms with van der Waals surface area (Å²) in [6, 6.07) is -0.137. The van der Waals surface area contributed by atoms with Gasteiger partial charge in [-0.15, -0.1) is 0 Å². The maximum atomic E-state index is 10.4. The Hall–Kier alpha value is -1.04. The van der Waals surface area contributed by atoms with E-state index in [1.165, 1.54) is 12.4 Å². The predicted molar refractivity (Wildman–Crippen MR) is 34.6 cm³/mol. The van der Waals surface area contributed by atoms with Crippen LogP contribution in [-0.4, -0.2) is 20.7 Å². The molecule has 1 aliphatic heterocycles. The van der Waals surface area contributed by atoms with E-state index in [0.29, 0.717) is 0 Å². The molecule has 1 rings (SSSR count). The Morgan fingerprint density at radius 1 is 1.50 bits per heavy atom. The van der Waals surface area contributed by atoms with E-state index in [2.05, 4.69) is 14.5 Å². The van der Waals surface area contributed by atoms with Gasteiger partial charge in [0, 0.05) is 0 Å². The highest BCUT2D eigenvalue weighted by Crippen LogP contribution is 1.95. The number of nitrogens with zero attached hydrogens (tertiary/aromatic N) is 2. The monoisotopic (exact) mass is 161 g/mol. The third-order valence-corrected chi connectivity index (χ3v) is 1.11. The van der Waals surface area contributed by atoms with Crippen molar-refractivity contribution in [3.8, 4) is 0 Å². The van der Waals surface area contributed by atoms with Crippen LogP contribution >= 0.6 is 0 Å². The molecular weight excluding hydrogens is 156 g/mol. The fraction of sp³-hybridized carbons (Fsp3) is 0.250. The lowest BCUT2D eigenvalue weighted by molar-refractivity contribution is 0.480.